The molecule has 24 heavy (non-hydrogen) atoms. The van der Waals surface area contributed by atoms with Crippen LogP contribution in [0.1, 0.15) is 19.3 Å². The molecule has 0 saturated heterocycles. The second kappa shape index (κ2) is 16.0. The maximum Gasteiger partial charge on any atom is 0.306 e. The van der Waals surface area contributed by atoms with Gasteiger partial charge in [0, 0.05) is 34.0 Å². The number of hydrogen-bond donors (Lipinski definition) is 0. The van der Waals surface area contributed by atoms with Crippen LogP contribution in [0.5, 0.6) is 0 Å². The zero-order valence-corrected chi connectivity index (χ0v) is 16.9. The van der Waals surface area contributed by atoms with E-state index in [1.807, 2.05) is 0 Å². The first-order valence-electron chi connectivity index (χ1n) is 7.51. The van der Waals surface area contributed by atoms with Gasteiger partial charge >= 0.3 is 17.9 Å². The van der Waals surface area contributed by atoms with E-state index in [-0.39, 0.29) is 17.9 Å². The first-order valence-corrected chi connectivity index (χ1v) is 10.9. The molecular weight excluding hydrogens is 372 g/mol. The molecule has 0 aliphatic rings. The average Bonchev–Trinajstić information content (AvgIpc) is 2.60. The van der Waals surface area contributed by atoms with E-state index in [4.69, 9.17) is 0 Å². The van der Waals surface area contributed by atoms with E-state index >= 15 is 0 Å². The van der Waals surface area contributed by atoms with Gasteiger partial charge in [-0.05, 0) is 0 Å². The Morgan fingerprint density at radius 1 is 0.708 bits per heavy atom. The van der Waals surface area contributed by atoms with Crippen molar-refractivity contribution in [3.05, 3.63) is 0 Å². The quantitative estimate of drug-likeness (QED) is 0.249. The minimum Gasteiger partial charge on any atom is -0.469 e. The van der Waals surface area contributed by atoms with Gasteiger partial charge < -0.3 is 14.2 Å². The highest BCUT2D eigenvalue weighted by Crippen LogP contribution is 2.23. The number of ether oxygens (including phenoxy) is 3. The standard InChI is InChI=1S/C15H26O6S3/c1-19-13(16)4-7-22-10-12(24-9-6-15(18)21-3)11-23-8-5-14(17)20-2/h12H,4-11H2,1-3H3. The van der Waals surface area contributed by atoms with E-state index in [1.54, 1.807) is 35.3 Å². The van der Waals surface area contributed by atoms with E-state index < -0.39 is 0 Å². The number of carbonyl (C=O) groups is 3. The topological polar surface area (TPSA) is 78.9 Å². The van der Waals surface area contributed by atoms with Gasteiger partial charge in [-0.1, -0.05) is 0 Å². The molecule has 0 saturated carbocycles. The molecule has 0 amide bonds. The number of hydrogen-bond acceptors (Lipinski definition) is 9. The van der Waals surface area contributed by atoms with Crippen molar-refractivity contribution >= 4 is 53.2 Å². The zero-order valence-electron chi connectivity index (χ0n) is 14.4. The normalized spacial score (nSPS) is 10.5. The van der Waals surface area contributed by atoms with Crippen LogP contribution < -0.4 is 0 Å². The summed E-state index contributed by atoms with van der Waals surface area (Å²) in [6, 6.07) is 0. The van der Waals surface area contributed by atoms with E-state index in [2.05, 4.69) is 14.2 Å². The Labute approximate surface area is 156 Å². The lowest BCUT2D eigenvalue weighted by atomic mass is 10.5. The lowest BCUT2D eigenvalue weighted by Crippen LogP contribution is -2.14. The van der Waals surface area contributed by atoms with Crippen LogP contribution in [-0.2, 0) is 28.6 Å². The van der Waals surface area contributed by atoms with Crippen molar-refractivity contribution in [1.29, 1.82) is 0 Å². The lowest BCUT2D eigenvalue weighted by molar-refractivity contribution is -0.141. The molecule has 0 unspecified atom stereocenters. The second-order valence-corrected chi connectivity index (χ2v) is 8.33. The Bertz CT molecular complexity index is 354. The van der Waals surface area contributed by atoms with Crippen LogP contribution >= 0.6 is 35.3 Å². The Balaban J connectivity index is 4.05. The summed E-state index contributed by atoms with van der Waals surface area (Å²) in [5, 5.41) is 0.347. The van der Waals surface area contributed by atoms with Crippen LogP contribution in [-0.4, -0.2) is 73.3 Å². The number of carbonyl (C=O) groups excluding carboxylic acids is 3. The summed E-state index contributed by atoms with van der Waals surface area (Å²) in [6.45, 7) is 0. The Morgan fingerprint density at radius 2 is 1.08 bits per heavy atom. The fourth-order valence-electron chi connectivity index (χ4n) is 1.50. The van der Waals surface area contributed by atoms with Gasteiger partial charge in [0.15, 0.2) is 0 Å². The van der Waals surface area contributed by atoms with Gasteiger partial charge in [-0.2, -0.15) is 35.3 Å². The van der Waals surface area contributed by atoms with Crippen molar-refractivity contribution in [3.63, 3.8) is 0 Å². The average molecular weight is 399 g/mol. The molecule has 0 atom stereocenters. The molecule has 0 aromatic rings. The van der Waals surface area contributed by atoms with E-state index in [0.29, 0.717) is 41.8 Å². The molecule has 0 N–H and O–H groups in total. The highest BCUT2D eigenvalue weighted by atomic mass is 32.2. The van der Waals surface area contributed by atoms with E-state index in [1.165, 1.54) is 21.3 Å². The molecule has 0 bridgehead atoms. The third kappa shape index (κ3) is 13.9. The van der Waals surface area contributed by atoms with Gasteiger partial charge in [-0.3, -0.25) is 14.4 Å². The zero-order chi connectivity index (χ0) is 18.2. The molecule has 140 valence electrons. The van der Waals surface area contributed by atoms with E-state index in [9.17, 15) is 14.4 Å². The van der Waals surface area contributed by atoms with E-state index in [0.717, 1.165) is 11.5 Å². The number of methoxy groups -OCH3 is 3. The smallest absolute Gasteiger partial charge is 0.306 e. The van der Waals surface area contributed by atoms with Crippen LogP contribution in [0.15, 0.2) is 0 Å². The first-order chi connectivity index (χ1) is 11.5. The molecule has 0 aromatic heterocycles. The van der Waals surface area contributed by atoms with Crippen molar-refractivity contribution in [2.45, 2.75) is 24.5 Å². The Hall–Kier alpha value is -0.540. The van der Waals surface area contributed by atoms with Crippen LogP contribution in [0.2, 0.25) is 0 Å². The summed E-state index contributed by atoms with van der Waals surface area (Å²) in [7, 11) is 4.16. The summed E-state index contributed by atoms with van der Waals surface area (Å²) in [5.74, 6) is 3.28. The van der Waals surface area contributed by atoms with Crippen molar-refractivity contribution in [2.24, 2.45) is 0 Å². The fraction of sp³-hybridized carbons (Fsp3) is 0.800. The molecule has 0 spiro atoms. The van der Waals surface area contributed by atoms with Gasteiger partial charge in [0.2, 0.25) is 0 Å². The van der Waals surface area contributed by atoms with Gasteiger partial charge in [0.05, 0.1) is 40.6 Å². The summed E-state index contributed by atoms with van der Waals surface area (Å²) in [6.07, 6.45) is 1.18. The van der Waals surface area contributed by atoms with Crippen molar-refractivity contribution < 1.29 is 28.6 Å². The van der Waals surface area contributed by atoms with Gasteiger partial charge in [-0.15, -0.1) is 0 Å². The van der Waals surface area contributed by atoms with Gasteiger partial charge in [-0.25, -0.2) is 0 Å². The summed E-state index contributed by atoms with van der Waals surface area (Å²) in [5.41, 5.74) is 0. The van der Waals surface area contributed by atoms with Crippen LogP contribution in [0.3, 0.4) is 0 Å². The predicted molar refractivity (Wildman–Crippen MR) is 101 cm³/mol. The van der Waals surface area contributed by atoms with Gasteiger partial charge in [0.1, 0.15) is 0 Å². The van der Waals surface area contributed by atoms with Crippen molar-refractivity contribution in [3.8, 4) is 0 Å². The first kappa shape index (κ1) is 23.5. The molecule has 0 rings (SSSR count). The van der Waals surface area contributed by atoms with Gasteiger partial charge in [0.25, 0.3) is 0 Å². The van der Waals surface area contributed by atoms with Crippen LogP contribution in [0, 0.1) is 0 Å². The van der Waals surface area contributed by atoms with Crippen LogP contribution in [0.25, 0.3) is 0 Å². The largest absolute Gasteiger partial charge is 0.469 e. The SMILES string of the molecule is COC(=O)CCSCC(CSCCC(=O)OC)SCCC(=O)OC. The maximum atomic E-state index is 11.2. The second-order valence-electron chi connectivity index (χ2n) is 4.62. The predicted octanol–water partition coefficient (Wildman–Crippen LogP) is 2.24. The summed E-state index contributed by atoms with van der Waals surface area (Å²) < 4.78 is 13.9. The Morgan fingerprint density at radius 3 is 1.46 bits per heavy atom. The molecule has 0 aliphatic carbocycles. The molecule has 0 radical (unpaired) electrons. The molecule has 6 nitrogen and oxygen atoms in total. The lowest BCUT2D eigenvalue weighted by Gasteiger charge is -2.15. The third-order valence-electron chi connectivity index (χ3n) is 2.85. The molecular formula is C15H26O6S3. The van der Waals surface area contributed by atoms with Crippen LogP contribution in [0.4, 0.5) is 0 Å². The number of esters is 3. The maximum absolute atomic E-state index is 11.2. The highest BCUT2D eigenvalue weighted by molar-refractivity contribution is 8.05. The fourth-order valence-corrected chi connectivity index (χ4v) is 5.33. The van der Waals surface area contributed by atoms with Crippen molar-refractivity contribution in [2.75, 3.05) is 50.1 Å². The highest BCUT2D eigenvalue weighted by Gasteiger charge is 2.12. The molecule has 0 aromatic carbocycles. The monoisotopic (exact) mass is 398 g/mol. The molecule has 0 aliphatic heterocycles. The minimum absolute atomic E-state index is 0.204. The number of rotatable bonds is 14. The third-order valence-corrected chi connectivity index (χ3v) is 6.78. The molecule has 0 fully saturated rings. The van der Waals surface area contributed by atoms with Crippen molar-refractivity contribution in [1.82, 2.24) is 0 Å². The molecule has 9 heteroatoms. The number of thioether (sulfide) groups is 3. The minimum atomic E-state index is -0.210. The summed E-state index contributed by atoms with van der Waals surface area (Å²) >= 11 is 5.11. The Kier molecular flexibility index (Phi) is 15.6. The molecule has 0 heterocycles. The summed E-state index contributed by atoms with van der Waals surface area (Å²) in [4.78, 5) is 33.4.